The van der Waals surface area contributed by atoms with E-state index in [9.17, 15) is 4.79 Å². The number of aliphatic imine (C=N–C) groups is 1. The number of hydrogen-bond donors (Lipinski definition) is 2. The van der Waals surface area contributed by atoms with Gasteiger partial charge in [-0.1, -0.05) is 24.6 Å². The molecule has 1 aliphatic heterocycles. The number of thioether (sulfide) groups is 1. The summed E-state index contributed by atoms with van der Waals surface area (Å²) in [6, 6.07) is 0.480. The molecule has 19 heavy (non-hydrogen) atoms. The van der Waals surface area contributed by atoms with E-state index in [1.807, 2.05) is 11.8 Å². The molecule has 2 N–H and O–H groups in total. The molecule has 2 saturated carbocycles. The molecule has 1 spiro atoms. The predicted octanol–water partition coefficient (Wildman–Crippen LogP) is 2.05. The topological polar surface area (TPSA) is 53.5 Å². The third kappa shape index (κ3) is 3.65. The summed E-state index contributed by atoms with van der Waals surface area (Å²) in [4.78, 5) is 16.1. The monoisotopic (exact) mass is 281 g/mol. The number of nitrogens with zero attached hydrogens (tertiary/aromatic N) is 1. The van der Waals surface area contributed by atoms with Crippen LogP contribution in [0.2, 0.25) is 0 Å². The smallest absolute Gasteiger partial charge is 0.220 e. The van der Waals surface area contributed by atoms with E-state index < -0.39 is 0 Å². The van der Waals surface area contributed by atoms with Crippen LogP contribution in [0.4, 0.5) is 0 Å². The van der Waals surface area contributed by atoms with Crippen LogP contribution in [0.25, 0.3) is 0 Å². The Hall–Kier alpha value is -0.710. The van der Waals surface area contributed by atoms with E-state index in [1.165, 1.54) is 31.4 Å². The SMILES string of the molecule is O=C(CCCN=C1NC2(CCCC2)CS1)NC1CC1. The van der Waals surface area contributed by atoms with E-state index in [0.717, 1.165) is 31.0 Å². The molecule has 0 aromatic rings. The number of rotatable bonds is 5. The molecule has 106 valence electrons. The number of carbonyl (C=O) groups excluding carboxylic acids is 1. The van der Waals surface area contributed by atoms with Gasteiger partial charge >= 0.3 is 0 Å². The van der Waals surface area contributed by atoms with Crippen molar-refractivity contribution in [3.63, 3.8) is 0 Å². The molecular formula is C14H23N3OS. The van der Waals surface area contributed by atoms with Crippen LogP contribution in [0.15, 0.2) is 4.99 Å². The minimum atomic E-state index is 0.196. The second-order valence-electron chi connectivity index (χ2n) is 6.03. The predicted molar refractivity (Wildman–Crippen MR) is 79.5 cm³/mol. The molecule has 1 saturated heterocycles. The Morgan fingerprint density at radius 1 is 1.42 bits per heavy atom. The van der Waals surface area contributed by atoms with Gasteiger partial charge in [0.2, 0.25) is 5.91 Å². The molecule has 3 fully saturated rings. The number of nitrogens with one attached hydrogen (secondary N) is 2. The van der Waals surface area contributed by atoms with E-state index in [2.05, 4.69) is 15.6 Å². The van der Waals surface area contributed by atoms with Crippen molar-refractivity contribution >= 4 is 22.8 Å². The van der Waals surface area contributed by atoms with Gasteiger partial charge in [-0.3, -0.25) is 9.79 Å². The molecule has 0 radical (unpaired) electrons. The first-order valence-corrected chi connectivity index (χ1v) is 8.49. The van der Waals surface area contributed by atoms with Crippen LogP contribution in [-0.4, -0.2) is 35.0 Å². The van der Waals surface area contributed by atoms with Gasteiger partial charge in [0.1, 0.15) is 0 Å². The minimum absolute atomic E-state index is 0.196. The summed E-state index contributed by atoms with van der Waals surface area (Å²) < 4.78 is 0. The average molecular weight is 281 g/mol. The zero-order chi connectivity index (χ0) is 13.1. The van der Waals surface area contributed by atoms with Crippen LogP contribution in [0.5, 0.6) is 0 Å². The Labute approximate surface area is 119 Å². The Bertz CT molecular complexity index is 373. The third-order valence-corrected chi connectivity index (χ3v) is 5.38. The summed E-state index contributed by atoms with van der Waals surface area (Å²) in [5.74, 6) is 1.37. The van der Waals surface area contributed by atoms with Gasteiger partial charge in [0.05, 0.1) is 0 Å². The van der Waals surface area contributed by atoms with Gasteiger partial charge in [-0.15, -0.1) is 0 Å². The highest BCUT2D eigenvalue weighted by Gasteiger charge is 2.39. The lowest BCUT2D eigenvalue weighted by atomic mass is 10.0. The Balaban J connectivity index is 1.35. The number of carbonyl (C=O) groups is 1. The van der Waals surface area contributed by atoms with Crippen LogP contribution >= 0.6 is 11.8 Å². The first kappa shape index (κ1) is 13.3. The summed E-state index contributed by atoms with van der Waals surface area (Å²) >= 11 is 1.86. The van der Waals surface area contributed by atoms with Crippen molar-refractivity contribution < 1.29 is 4.79 Å². The first-order valence-electron chi connectivity index (χ1n) is 7.51. The fraction of sp³-hybridized carbons (Fsp3) is 0.857. The standard InChI is InChI=1S/C14H23N3OS/c18-12(16-11-5-6-11)4-3-9-15-13-17-14(10-19-13)7-1-2-8-14/h11H,1-10H2,(H,15,17)(H,16,18). The molecule has 4 nitrogen and oxygen atoms in total. The van der Waals surface area contributed by atoms with Crippen LogP contribution < -0.4 is 10.6 Å². The van der Waals surface area contributed by atoms with Gasteiger partial charge in [-0.25, -0.2) is 0 Å². The highest BCUT2D eigenvalue weighted by Crippen LogP contribution is 2.37. The van der Waals surface area contributed by atoms with Crippen molar-refractivity contribution in [1.29, 1.82) is 0 Å². The maximum absolute atomic E-state index is 11.5. The van der Waals surface area contributed by atoms with Gasteiger partial charge in [0.15, 0.2) is 5.17 Å². The van der Waals surface area contributed by atoms with E-state index >= 15 is 0 Å². The van der Waals surface area contributed by atoms with Crippen molar-refractivity contribution in [2.24, 2.45) is 4.99 Å². The fourth-order valence-electron chi connectivity index (χ4n) is 2.86. The molecule has 5 heteroatoms. The number of amides is 1. The molecule has 1 amide bonds. The Kier molecular flexibility index (Phi) is 4.01. The lowest BCUT2D eigenvalue weighted by Gasteiger charge is -2.21. The maximum atomic E-state index is 11.5. The largest absolute Gasteiger partial charge is 0.359 e. The molecular weight excluding hydrogens is 258 g/mol. The van der Waals surface area contributed by atoms with Crippen molar-refractivity contribution in [1.82, 2.24) is 10.6 Å². The number of hydrogen-bond acceptors (Lipinski definition) is 3. The minimum Gasteiger partial charge on any atom is -0.359 e. The van der Waals surface area contributed by atoms with Crippen LogP contribution in [0, 0.1) is 0 Å². The van der Waals surface area contributed by atoms with Gasteiger partial charge < -0.3 is 10.6 Å². The summed E-state index contributed by atoms with van der Waals surface area (Å²) in [5, 5.41) is 7.72. The lowest BCUT2D eigenvalue weighted by Crippen LogP contribution is -2.40. The van der Waals surface area contributed by atoms with E-state index in [-0.39, 0.29) is 5.91 Å². The summed E-state index contributed by atoms with van der Waals surface area (Å²) in [6.45, 7) is 0.767. The zero-order valence-electron chi connectivity index (χ0n) is 11.4. The van der Waals surface area contributed by atoms with Crippen molar-refractivity contribution in [3.05, 3.63) is 0 Å². The Morgan fingerprint density at radius 3 is 2.95 bits per heavy atom. The van der Waals surface area contributed by atoms with Crippen LogP contribution in [-0.2, 0) is 4.79 Å². The molecule has 3 aliphatic rings. The molecule has 1 heterocycles. The summed E-state index contributed by atoms with van der Waals surface area (Å²) in [5.41, 5.74) is 0.354. The molecule has 0 aromatic heterocycles. The highest BCUT2D eigenvalue weighted by atomic mass is 32.2. The van der Waals surface area contributed by atoms with Crippen molar-refractivity contribution in [2.45, 2.75) is 62.9 Å². The van der Waals surface area contributed by atoms with E-state index in [0.29, 0.717) is 18.0 Å². The molecule has 0 bridgehead atoms. The second-order valence-corrected chi connectivity index (χ2v) is 7.00. The van der Waals surface area contributed by atoms with Crippen molar-refractivity contribution in [2.75, 3.05) is 12.3 Å². The third-order valence-electron chi connectivity index (χ3n) is 4.18. The lowest BCUT2D eigenvalue weighted by molar-refractivity contribution is -0.121. The Morgan fingerprint density at radius 2 is 2.21 bits per heavy atom. The summed E-state index contributed by atoms with van der Waals surface area (Å²) in [6.07, 6.45) is 9.09. The van der Waals surface area contributed by atoms with Crippen LogP contribution in [0.1, 0.15) is 51.4 Å². The van der Waals surface area contributed by atoms with Gasteiger partial charge in [0, 0.05) is 30.3 Å². The van der Waals surface area contributed by atoms with E-state index in [1.54, 1.807) is 0 Å². The molecule has 0 unspecified atom stereocenters. The summed E-state index contributed by atoms with van der Waals surface area (Å²) in [7, 11) is 0. The van der Waals surface area contributed by atoms with Gasteiger partial charge in [-0.2, -0.15) is 0 Å². The van der Waals surface area contributed by atoms with Crippen LogP contribution in [0.3, 0.4) is 0 Å². The number of amidine groups is 1. The molecule has 0 aromatic carbocycles. The molecule has 0 atom stereocenters. The zero-order valence-corrected chi connectivity index (χ0v) is 12.2. The fourth-order valence-corrected chi connectivity index (χ4v) is 4.10. The molecule has 3 rings (SSSR count). The van der Waals surface area contributed by atoms with Gasteiger partial charge in [-0.05, 0) is 32.1 Å². The molecule has 2 aliphatic carbocycles. The first-order chi connectivity index (χ1) is 9.26. The quantitative estimate of drug-likeness (QED) is 0.758. The van der Waals surface area contributed by atoms with Gasteiger partial charge in [0.25, 0.3) is 0 Å². The highest BCUT2D eigenvalue weighted by molar-refractivity contribution is 8.14. The van der Waals surface area contributed by atoms with Crippen molar-refractivity contribution in [3.8, 4) is 0 Å². The average Bonchev–Trinajstić information content (AvgIpc) is 2.96. The normalized spacial score (nSPS) is 26.8. The maximum Gasteiger partial charge on any atom is 0.220 e. The second kappa shape index (κ2) is 5.73. The van der Waals surface area contributed by atoms with E-state index in [4.69, 9.17) is 0 Å².